The van der Waals surface area contributed by atoms with E-state index in [-0.39, 0.29) is 11.9 Å². The van der Waals surface area contributed by atoms with Crippen molar-refractivity contribution in [2.75, 3.05) is 42.6 Å². The highest BCUT2D eigenvalue weighted by atomic mass is 35.5. The lowest BCUT2D eigenvalue weighted by molar-refractivity contribution is 0.0653. The average molecular weight is 516 g/mol. The van der Waals surface area contributed by atoms with Crippen molar-refractivity contribution in [2.45, 2.75) is 44.7 Å². The largest absolute Gasteiger partial charge is 0.400 e. The number of rotatable bonds is 7. The molecule has 4 rings (SSSR count). The van der Waals surface area contributed by atoms with Crippen molar-refractivity contribution in [3.05, 3.63) is 52.1 Å². The molecule has 188 valence electrons. The van der Waals surface area contributed by atoms with Crippen LogP contribution >= 0.6 is 23.5 Å². The van der Waals surface area contributed by atoms with Gasteiger partial charge in [-0.05, 0) is 57.9 Å². The number of likely N-dealkylation sites (tertiary alicyclic amines) is 1. The molecule has 0 saturated carbocycles. The SMILES string of the molecule is CNC1CCN(c2nc(/C=C(\N)C3CCCCN3C(=O)c3cc(Cl)ccc3NSC)ncc2C)C1. The smallest absolute Gasteiger partial charge is 0.256 e. The molecule has 1 aromatic heterocycles. The van der Waals surface area contributed by atoms with Crippen LogP contribution in [0.1, 0.15) is 47.4 Å². The number of nitrogens with zero attached hydrogens (tertiary/aromatic N) is 4. The van der Waals surface area contributed by atoms with Gasteiger partial charge in [0.25, 0.3) is 5.91 Å². The number of nitrogens with two attached hydrogens (primary N) is 1. The van der Waals surface area contributed by atoms with Gasteiger partial charge in [0.2, 0.25) is 0 Å². The van der Waals surface area contributed by atoms with Crippen LogP contribution in [0.15, 0.2) is 30.1 Å². The maximum Gasteiger partial charge on any atom is 0.256 e. The minimum absolute atomic E-state index is 0.0780. The summed E-state index contributed by atoms with van der Waals surface area (Å²) in [5, 5.41) is 3.88. The number of carbonyl (C=O) groups is 1. The first kappa shape index (κ1) is 25.6. The standard InChI is InChI=1S/C25H34ClN7OS/c1-16-14-29-23(30-24(16)32-11-9-18(15-32)28-2)13-20(27)22-6-4-5-10-33(22)25(34)19-12-17(26)7-8-21(19)31-35-3/h7-8,12-14,18,22,28,31H,4-6,9-11,15,27H2,1-3H3/b20-13-. The first-order valence-electron chi connectivity index (χ1n) is 12.0. The molecule has 2 atom stereocenters. The fraction of sp³-hybridized carbons (Fsp3) is 0.480. The van der Waals surface area contributed by atoms with Crippen molar-refractivity contribution < 1.29 is 4.79 Å². The predicted octanol–water partition coefficient (Wildman–Crippen LogP) is 3.92. The Kier molecular flexibility index (Phi) is 8.41. The molecule has 10 heteroatoms. The molecule has 3 heterocycles. The second kappa shape index (κ2) is 11.5. The number of likely N-dealkylation sites (N-methyl/N-ethyl adjacent to an activating group) is 1. The number of hydrogen-bond acceptors (Lipinski definition) is 8. The molecule has 0 aliphatic carbocycles. The molecule has 2 fully saturated rings. The number of halogens is 1. The lowest BCUT2D eigenvalue weighted by Gasteiger charge is -2.36. The van der Waals surface area contributed by atoms with Gasteiger partial charge in [0.05, 0.1) is 17.3 Å². The minimum Gasteiger partial charge on any atom is -0.400 e. The average Bonchev–Trinajstić information content (AvgIpc) is 3.35. The van der Waals surface area contributed by atoms with Crippen LogP contribution in [0.4, 0.5) is 11.5 Å². The van der Waals surface area contributed by atoms with E-state index in [4.69, 9.17) is 22.3 Å². The van der Waals surface area contributed by atoms with Gasteiger partial charge in [0, 0.05) is 60.5 Å². The van der Waals surface area contributed by atoms with Crippen LogP contribution in [0.3, 0.4) is 0 Å². The predicted molar refractivity (Wildman–Crippen MR) is 146 cm³/mol. The topological polar surface area (TPSA) is 99.4 Å². The minimum atomic E-state index is -0.217. The van der Waals surface area contributed by atoms with Crippen LogP contribution in [-0.2, 0) is 0 Å². The van der Waals surface area contributed by atoms with Gasteiger partial charge in [-0.25, -0.2) is 9.97 Å². The van der Waals surface area contributed by atoms with Gasteiger partial charge < -0.3 is 25.6 Å². The summed E-state index contributed by atoms with van der Waals surface area (Å²) in [4.78, 5) is 27.1. The molecule has 1 aromatic carbocycles. The highest BCUT2D eigenvalue weighted by Gasteiger charge is 2.31. The third-order valence-electron chi connectivity index (χ3n) is 6.73. The van der Waals surface area contributed by atoms with Crippen LogP contribution in [0.25, 0.3) is 6.08 Å². The van der Waals surface area contributed by atoms with Crippen LogP contribution in [-0.4, -0.2) is 65.8 Å². The van der Waals surface area contributed by atoms with E-state index in [1.807, 2.05) is 43.5 Å². The Morgan fingerprint density at radius 1 is 1.29 bits per heavy atom. The summed E-state index contributed by atoms with van der Waals surface area (Å²) in [5.74, 6) is 1.44. The summed E-state index contributed by atoms with van der Waals surface area (Å²) in [7, 11) is 2.00. The zero-order valence-electron chi connectivity index (χ0n) is 20.6. The summed E-state index contributed by atoms with van der Waals surface area (Å²) in [6.07, 6.45) is 9.43. The van der Waals surface area contributed by atoms with Crippen LogP contribution in [0.2, 0.25) is 5.02 Å². The molecular weight excluding hydrogens is 482 g/mol. The van der Waals surface area contributed by atoms with Crippen molar-refractivity contribution in [3.63, 3.8) is 0 Å². The Morgan fingerprint density at radius 2 is 2.11 bits per heavy atom. The van der Waals surface area contributed by atoms with Gasteiger partial charge in [0.15, 0.2) is 5.82 Å². The Hall–Kier alpha value is -2.49. The van der Waals surface area contributed by atoms with E-state index in [0.29, 0.717) is 34.7 Å². The molecule has 2 saturated heterocycles. The van der Waals surface area contributed by atoms with E-state index >= 15 is 0 Å². The molecule has 0 bridgehead atoms. The van der Waals surface area contributed by atoms with E-state index in [9.17, 15) is 4.79 Å². The third kappa shape index (κ3) is 5.85. The number of carbonyl (C=O) groups excluding carboxylic acids is 1. The molecule has 35 heavy (non-hydrogen) atoms. The number of amides is 1. The number of piperidine rings is 1. The van der Waals surface area contributed by atoms with Crippen LogP contribution < -0.4 is 20.7 Å². The fourth-order valence-corrected chi connectivity index (χ4v) is 5.41. The Morgan fingerprint density at radius 3 is 2.86 bits per heavy atom. The van der Waals surface area contributed by atoms with Gasteiger partial charge in [-0.1, -0.05) is 23.5 Å². The molecule has 2 aromatic rings. The number of hydrogen-bond donors (Lipinski definition) is 3. The second-order valence-corrected chi connectivity index (χ2v) is 10.2. The first-order valence-corrected chi connectivity index (χ1v) is 13.6. The summed E-state index contributed by atoms with van der Waals surface area (Å²) in [6.45, 7) is 4.55. The van der Waals surface area contributed by atoms with Gasteiger partial charge >= 0.3 is 0 Å². The zero-order valence-corrected chi connectivity index (χ0v) is 22.1. The fourth-order valence-electron chi connectivity index (χ4n) is 4.84. The molecule has 1 amide bonds. The van der Waals surface area contributed by atoms with E-state index < -0.39 is 0 Å². The highest BCUT2D eigenvalue weighted by molar-refractivity contribution is 7.99. The van der Waals surface area contributed by atoms with Crippen molar-refractivity contribution in [1.82, 2.24) is 20.2 Å². The molecular formula is C25H34ClN7OS. The maximum absolute atomic E-state index is 13.6. The number of nitrogens with one attached hydrogen (secondary N) is 2. The first-order chi connectivity index (χ1) is 16.9. The van der Waals surface area contributed by atoms with Crippen LogP contribution in [0.5, 0.6) is 0 Å². The molecule has 4 N–H and O–H groups in total. The summed E-state index contributed by atoms with van der Waals surface area (Å²) >= 11 is 7.68. The van der Waals surface area contributed by atoms with Crippen molar-refractivity contribution in [1.29, 1.82) is 0 Å². The Bertz CT molecular complexity index is 1100. The number of anilines is 2. The quantitative estimate of drug-likeness (QED) is 0.477. The molecule has 8 nitrogen and oxygen atoms in total. The van der Waals surface area contributed by atoms with Gasteiger partial charge in [-0.2, -0.15) is 0 Å². The summed E-state index contributed by atoms with van der Waals surface area (Å²) in [5.41, 5.74) is 9.56. The number of aromatic nitrogens is 2. The van der Waals surface area contributed by atoms with E-state index in [0.717, 1.165) is 55.8 Å². The Balaban J connectivity index is 1.59. The van der Waals surface area contributed by atoms with E-state index in [1.54, 1.807) is 12.1 Å². The summed E-state index contributed by atoms with van der Waals surface area (Å²) in [6, 6.07) is 5.59. The lowest BCUT2D eigenvalue weighted by Crippen LogP contribution is -2.46. The van der Waals surface area contributed by atoms with E-state index in [1.165, 1.54) is 11.9 Å². The van der Waals surface area contributed by atoms with Gasteiger partial charge in [0.1, 0.15) is 5.82 Å². The third-order valence-corrected chi connectivity index (χ3v) is 7.39. The second-order valence-electron chi connectivity index (χ2n) is 9.11. The van der Waals surface area contributed by atoms with Crippen LogP contribution in [0, 0.1) is 6.92 Å². The molecule has 2 aliphatic heterocycles. The van der Waals surface area contributed by atoms with Crippen molar-refractivity contribution >= 4 is 47.0 Å². The monoisotopic (exact) mass is 515 g/mol. The van der Waals surface area contributed by atoms with Gasteiger partial charge in [-0.3, -0.25) is 4.79 Å². The highest BCUT2D eigenvalue weighted by Crippen LogP contribution is 2.29. The normalized spacial score (nSPS) is 20.9. The van der Waals surface area contributed by atoms with Crippen molar-refractivity contribution in [3.8, 4) is 0 Å². The summed E-state index contributed by atoms with van der Waals surface area (Å²) < 4.78 is 3.19. The van der Waals surface area contributed by atoms with Crippen molar-refractivity contribution in [2.24, 2.45) is 5.73 Å². The Labute approximate surface area is 216 Å². The maximum atomic E-state index is 13.6. The molecule has 0 radical (unpaired) electrons. The lowest BCUT2D eigenvalue weighted by atomic mass is 9.97. The number of benzene rings is 1. The van der Waals surface area contributed by atoms with Gasteiger partial charge in [-0.15, -0.1) is 0 Å². The number of aryl methyl sites for hydroxylation is 1. The molecule has 0 spiro atoms. The molecule has 2 unspecified atom stereocenters. The molecule has 2 aliphatic rings. The van der Waals surface area contributed by atoms with E-state index in [2.05, 4.69) is 19.9 Å². The zero-order chi connectivity index (χ0) is 24.9.